The molecule has 1 aliphatic carbocycles. The third-order valence-corrected chi connectivity index (χ3v) is 7.10. The highest BCUT2D eigenvalue weighted by Gasteiger charge is 2.46. The van der Waals surface area contributed by atoms with Crippen molar-refractivity contribution in [2.45, 2.75) is 52.0 Å². The second kappa shape index (κ2) is 7.15. The van der Waals surface area contributed by atoms with Crippen molar-refractivity contribution in [1.29, 1.82) is 0 Å². The quantitative estimate of drug-likeness (QED) is 0.632. The number of rotatable bonds is 1. The van der Waals surface area contributed by atoms with Crippen molar-refractivity contribution in [2.24, 2.45) is 5.41 Å². The number of aryl methyl sites for hydroxylation is 1. The molecule has 32 heavy (non-hydrogen) atoms. The van der Waals surface area contributed by atoms with Crippen molar-refractivity contribution in [2.75, 3.05) is 18.8 Å². The molecule has 0 saturated carbocycles. The Balaban J connectivity index is 1.34. The summed E-state index contributed by atoms with van der Waals surface area (Å²) >= 11 is 0. The van der Waals surface area contributed by atoms with E-state index in [-0.39, 0.29) is 17.2 Å². The summed E-state index contributed by atoms with van der Waals surface area (Å²) in [5, 5.41) is 6.41. The Hall–Kier alpha value is -3.22. The first-order valence-electron chi connectivity index (χ1n) is 11.3. The first kappa shape index (κ1) is 20.7. The summed E-state index contributed by atoms with van der Waals surface area (Å²) < 4.78 is 1.91. The van der Waals surface area contributed by atoms with Crippen LogP contribution in [0.1, 0.15) is 66.4 Å². The number of pyridine rings is 1. The van der Waals surface area contributed by atoms with Gasteiger partial charge in [-0.3, -0.25) is 14.3 Å². The predicted molar refractivity (Wildman–Crippen MR) is 124 cm³/mol. The van der Waals surface area contributed by atoms with Crippen LogP contribution in [0.5, 0.6) is 0 Å². The minimum atomic E-state index is -0.404. The van der Waals surface area contributed by atoms with Gasteiger partial charge < -0.3 is 10.6 Å². The van der Waals surface area contributed by atoms with E-state index in [1.165, 1.54) is 0 Å². The molecule has 2 aliphatic rings. The van der Waals surface area contributed by atoms with E-state index in [4.69, 9.17) is 5.73 Å². The number of hydrogen-bond acceptors (Lipinski definition) is 5. The standard InChI is InChI=1S/C25H29N5O2/c1-24(2,3)30-15-18-6-8-25(21(31)20(18)28-30)9-12-29(13-10-25)23(32)17-5-4-16-7-11-27-22(26)19(16)14-17/h4-5,7,11,14-15H,6,8-10,12-13H2,1-3H3,(H2,26,27). The molecule has 1 fully saturated rings. The van der Waals surface area contributed by atoms with Crippen LogP contribution in [0.25, 0.3) is 10.8 Å². The molecule has 1 saturated heterocycles. The number of nitrogens with zero attached hydrogens (tertiary/aromatic N) is 4. The zero-order chi connectivity index (χ0) is 22.7. The Bertz CT molecular complexity index is 1230. The molecule has 7 nitrogen and oxygen atoms in total. The molecule has 7 heteroatoms. The number of nitrogens with two attached hydrogens (primary N) is 1. The van der Waals surface area contributed by atoms with Gasteiger partial charge in [0.05, 0.1) is 5.54 Å². The molecule has 1 spiro atoms. The molecule has 3 heterocycles. The molecule has 2 N–H and O–H groups in total. The number of anilines is 1. The van der Waals surface area contributed by atoms with Gasteiger partial charge in [0.15, 0.2) is 5.78 Å². The van der Waals surface area contributed by atoms with Gasteiger partial charge >= 0.3 is 0 Å². The van der Waals surface area contributed by atoms with Gasteiger partial charge in [-0.2, -0.15) is 5.10 Å². The molecular weight excluding hydrogens is 402 g/mol. The average molecular weight is 432 g/mol. The molecule has 1 aliphatic heterocycles. The molecule has 0 unspecified atom stereocenters. The van der Waals surface area contributed by atoms with Crippen LogP contribution in [0.4, 0.5) is 5.82 Å². The summed E-state index contributed by atoms with van der Waals surface area (Å²) in [4.78, 5) is 32.6. The van der Waals surface area contributed by atoms with E-state index in [0.717, 1.165) is 29.2 Å². The number of Topliss-reactive ketones (excluding diaryl/α,β-unsaturated/α-hetero) is 1. The minimum Gasteiger partial charge on any atom is -0.383 e. The lowest BCUT2D eigenvalue weighted by atomic mass is 9.67. The predicted octanol–water partition coefficient (Wildman–Crippen LogP) is 3.82. The number of fused-ring (bicyclic) bond motifs is 2. The number of hydrogen-bond donors (Lipinski definition) is 1. The Morgan fingerprint density at radius 2 is 1.88 bits per heavy atom. The van der Waals surface area contributed by atoms with Crippen LogP contribution in [-0.4, -0.2) is 44.4 Å². The highest BCUT2D eigenvalue weighted by atomic mass is 16.2. The minimum absolute atomic E-state index is 0.0223. The largest absolute Gasteiger partial charge is 0.383 e. The third kappa shape index (κ3) is 3.27. The van der Waals surface area contributed by atoms with E-state index in [1.807, 2.05) is 40.0 Å². The van der Waals surface area contributed by atoms with Crippen LogP contribution < -0.4 is 5.73 Å². The lowest BCUT2D eigenvalue weighted by Crippen LogP contribution is -2.48. The van der Waals surface area contributed by atoms with Crippen LogP contribution in [0.3, 0.4) is 0 Å². The van der Waals surface area contributed by atoms with Gasteiger partial charge in [0.2, 0.25) is 0 Å². The van der Waals surface area contributed by atoms with E-state index in [0.29, 0.717) is 43.0 Å². The molecule has 3 aromatic rings. The number of likely N-dealkylation sites (tertiary alicyclic amines) is 1. The Morgan fingerprint density at radius 1 is 1.12 bits per heavy atom. The summed E-state index contributed by atoms with van der Waals surface area (Å²) in [6, 6.07) is 7.45. The number of aromatic nitrogens is 3. The normalized spacial score (nSPS) is 18.2. The van der Waals surface area contributed by atoms with Gasteiger partial charge in [-0.1, -0.05) is 6.07 Å². The van der Waals surface area contributed by atoms with Crippen molar-refractivity contribution >= 4 is 28.3 Å². The molecule has 166 valence electrons. The van der Waals surface area contributed by atoms with Gasteiger partial charge in [0.1, 0.15) is 11.5 Å². The van der Waals surface area contributed by atoms with Crippen molar-refractivity contribution in [3.8, 4) is 0 Å². The van der Waals surface area contributed by atoms with Crippen molar-refractivity contribution in [3.05, 3.63) is 53.5 Å². The Kier molecular flexibility index (Phi) is 4.62. The molecule has 2 aromatic heterocycles. The molecule has 1 aromatic carbocycles. The maximum absolute atomic E-state index is 13.5. The Morgan fingerprint density at radius 3 is 2.59 bits per heavy atom. The monoisotopic (exact) mass is 431 g/mol. The van der Waals surface area contributed by atoms with Crippen LogP contribution in [-0.2, 0) is 12.0 Å². The first-order valence-corrected chi connectivity index (χ1v) is 11.3. The van der Waals surface area contributed by atoms with Crippen molar-refractivity contribution in [3.63, 3.8) is 0 Å². The number of benzene rings is 1. The number of carbonyl (C=O) groups excluding carboxylic acids is 2. The van der Waals surface area contributed by atoms with Crippen LogP contribution in [0.15, 0.2) is 36.7 Å². The van der Waals surface area contributed by atoms with E-state index in [2.05, 4.69) is 30.9 Å². The highest BCUT2D eigenvalue weighted by Crippen LogP contribution is 2.43. The Labute approximate surface area is 187 Å². The molecule has 0 atom stereocenters. The van der Waals surface area contributed by atoms with Crippen LogP contribution in [0.2, 0.25) is 0 Å². The molecule has 0 radical (unpaired) electrons. The van der Waals surface area contributed by atoms with Gasteiger partial charge in [-0.15, -0.1) is 0 Å². The van der Waals surface area contributed by atoms with E-state index < -0.39 is 5.41 Å². The van der Waals surface area contributed by atoms with Crippen LogP contribution in [0, 0.1) is 5.41 Å². The zero-order valence-corrected chi connectivity index (χ0v) is 18.9. The molecule has 5 rings (SSSR count). The third-order valence-electron chi connectivity index (χ3n) is 7.10. The number of ketones is 1. The van der Waals surface area contributed by atoms with Crippen LogP contribution >= 0.6 is 0 Å². The first-order chi connectivity index (χ1) is 15.2. The van der Waals surface area contributed by atoms with E-state index in [9.17, 15) is 9.59 Å². The molecule has 1 amide bonds. The fourth-order valence-corrected chi connectivity index (χ4v) is 4.99. The molecular formula is C25H29N5O2. The average Bonchev–Trinajstić information content (AvgIpc) is 3.22. The van der Waals surface area contributed by atoms with E-state index >= 15 is 0 Å². The number of carbonyl (C=O) groups is 2. The van der Waals surface area contributed by atoms with Gasteiger partial charge in [-0.05, 0) is 70.0 Å². The lowest BCUT2D eigenvalue weighted by molar-refractivity contribution is 0.0453. The van der Waals surface area contributed by atoms with Gasteiger partial charge in [-0.25, -0.2) is 4.98 Å². The fraction of sp³-hybridized carbons (Fsp3) is 0.440. The second-order valence-electron chi connectivity index (χ2n) is 10.2. The van der Waals surface area contributed by atoms with Gasteiger partial charge in [0.25, 0.3) is 5.91 Å². The maximum atomic E-state index is 13.5. The topological polar surface area (TPSA) is 94.1 Å². The highest BCUT2D eigenvalue weighted by molar-refractivity contribution is 6.02. The summed E-state index contributed by atoms with van der Waals surface area (Å²) in [7, 11) is 0. The smallest absolute Gasteiger partial charge is 0.253 e. The molecule has 0 bridgehead atoms. The lowest BCUT2D eigenvalue weighted by Gasteiger charge is -2.42. The number of nitrogen functional groups attached to an aromatic ring is 1. The van der Waals surface area contributed by atoms with E-state index in [1.54, 1.807) is 6.20 Å². The zero-order valence-electron chi connectivity index (χ0n) is 18.9. The summed E-state index contributed by atoms with van der Waals surface area (Å²) in [5.74, 6) is 0.553. The summed E-state index contributed by atoms with van der Waals surface area (Å²) in [6.07, 6.45) is 6.74. The summed E-state index contributed by atoms with van der Waals surface area (Å²) in [5.41, 5.74) is 7.73. The second-order valence-corrected chi connectivity index (χ2v) is 10.2. The number of amides is 1. The number of piperidine rings is 1. The van der Waals surface area contributed by atoms with Crippen molar-refractivity contribution < 1.29 is 9.59 Å². The van der Waals surface area contributed by atoms with Gasteiger partial charge in [0, 0.05) is 47.4 Å². The summed E-state index contributed by atoms with van der Waals surface area (Å²) in [6.45, 7) is 7.41. The van der Waals surface area contributed by atoms with Crippen molar-refractivity contribution in [1.82, 2.24) is 19.7 Å². The maximum Gasteiger partial charge on any atom is 0.253 e. The fourth-order valence-electron chi connectivity index (χ4n) is 4.99. The SMILES string of the molecule is CC(C)(C)n1cc2c(n1)C(=O)C1(CC2)CCN(C(=O)c2ccc3ccnc(N)c3c2)CC1.